The van der Waals surface area contributed by atoms with Gasteiger partial charge in [0.25, 0.3) is 5.91 Å². The molecule has 2 N–H and O–H groups in total. The van der Waals surface area contributed by atoms with Crippen LogP contribution in [0.1, 0.15) is 40.9 Å². The third-order valence-corrected chi connectivity index (χ3v) is 3.62. The van der Waals surface area contributed by atoms with Gasteiger partial charge < -0.3 is 14.9 Å². The second-order valence-electron chi connectivity index (χ2n) is 4.79. The first-order chi connectivity index (χ1) is 9.60. The van der Waals surface area contributed by atoms with Gasteiger partial charge in [0.05, 0.1) is 18.2 Å². The van der Waals surface area contributed by atoms with Crippen molar-refractivity contribution in [1.29, 1.82) is 0 Å². The van der Waals surface area contributed by atoms with Gasteiger partial charge in [-0.05, 0) is 0 Å². The third kappa shape index (κ3) is 3.64. The van der Waals surface area contributed by atoms with E-state index in [1.165, 1.54) is 11.3 Å². The molecule has 2 aromatic heterocycles. The van der Waals surface area contributed by atoms with Crippen LogP contribution in [0, 0.1) is 0 Å². The molecule has 0 radical (unpaired) electrons. The molecule has 108 valence electrons. The van der Waals surface area contributed by atoms with Gasteiger partial charge in [0.2, 0.25) is 0 Å². The fourth-order valence-electron chi connectivity index (χ4n) is 1.67. The van der Waals surface area contributed by atoms with Crippen molar-refractivity contribution in [3.05, 3.63) is 34.1 Å². The lowest BCUT2D eigenvalue weighted by molar-refractivity contribution is 0.0907. The van der Waals surface area contributed by atoms with E-state index in [1.807, 2.05) is 13.8 Å². The first kappa shape index (κ1) is 14.7. The van der Waals surface area contributed by atoms with Gasteiger partial charge in [-0.15, -0.1) is 11.3 Å². The quantitative estimate of drug-likeness (QED) is 0.845. The second-order valence-corrected chi connectivity index (χ2v) is 5.76. The Kier molecular flexibility index (Phi) is 4.86. The van der Waals surface area contributed by atoms with Crippen molar-refractivity contribution in [1.82, 2.24) is 15.5 Å². The summed E-state index contributed by atoms with van der Waals surface area (Å²) in [5, 5.41) is 15.8. The highest BCUT2D eigenvalue weighted by Crippen LogP contribution is 2.15. The van der Waals surface area contributed by atoms with E-state index >= 15 is 0 Å². The van der Waals surface area contributed by atoms with Crippen molar-refractivity contribution < 1.29 is 14.4 Å². The molecule has 0 aliphatic heterocycles. The molecule has 0 saturated heterocycles. The minimum atomic E-state index is -0.359. The zero-order valence-electron chi connectivity index (χ0n) is 11.4. The SMILES string of the molecule is CC(C)c1cc(C(=O)NC(CO)Cc2cncs2)no1. The molecule has 6 nitrogen and oxygen atoms in total. The van der Waals surface area contributed by atoms with Crippen LogP contribution in [0.3, 0.4) is 0 Å². The van der Waals surface area contributed by atoms with Gasteiger partial charge in [-0.1, -0.05) is 19.0 Å². The number of aromatic nitrogens is 2. The topological polar surface area (TPSA) is 88.2 Å². The summed E-state index contributed by atoms with van der Waals surface area (Å²) in [4.78, 5) is 17.0. The number of amides is 1. The van der Waals surface area contributed by atoms with Crippen LogP contribution in [0.4, 0.5) is 0 Å². The van der Waals surface area contributed by atoms with Crippen LogP contribution in [-0.4, -0.2) is 33.8 Å². The molecule has 2 rings (SSSR count). The zero-order chi connectivity index (χ0) is 14.5. The minimum absolute atomic E-state index is 0.140. The molecule has 0 fully saturated rings. The lowest BCUT2D eigenvalue weighted by atomic mass is 10.1. The van der Waals surface area contributed by atoms with Crippen LogP contribution < -0.4 is 5.32 Å². The highest BCUT2D eigenvalue weighted by molar-refractivity contribution is 7.09. The summed E-state index contributed by atoms with van der Waals surface area (Å²) in [6, 6.07) is 1.27. The number of nitrogens with zero attached hydrogens (tertiary/aromatic N) is 2. The first-order valence-corrected chi connectivity index (χ1v) is 7.23. The summed E-state index contributed by atoms with van der Waals surface area (Å²) in [6.07, 6.45) is 2.27. The predicted octanol–water partition coefficient (Wildman–Crippen LogP) is 1.59. The second kappa shape index (κ2) is 6.62. The van der Waals surface area contributed by atoms with Crippen LogP contribution in [-0.2, 0) is 6.42 Å². The molecular formula is C13H17N3O3S. The van der Waals surface area contributed by atoms with E-state index in [-0.39, 0.29) is 30.2 Å². The fraction of sp³-hybridized carbons (Fsp3) is 0.462. The molecule has 0 bridgehead atoms. The number of thiazole rings is 1. The molecule has 0 aliphatic carbocycles. The molecule has 20 heavy (non-hydrogen) atoms. The number of aliphatic hydroxyl groups is 1. The van der Waals surface area contributed by atoms with Gasteiger partial charge in [-0.3, -0.25) is 9.78 Å². The third-order valence-electron chi connectivity index (χ3n) is 2.82. The summed E-state index contributed by atoms with van der Waals surface area (Å²) in [7, 11) is 0. The van der Waals surface area contributed by atoms with E-state index in [0.29, 0.717) is 12.2 Å². The average molecular weight is 295 g/mol. The van der Waals surface area contributed by atoms with Gasteiger partial charge in [0.1, 0.15) is 5.76 Å². The molecule has 0 aliphatic rings. The van der Waals surface area contributed by atoms with E-state index < -0.39 is 0 Å². The van der Waals surface area contributed by atoms with Crippen LogP contribution >= 0.6 is 11.3 Å². The highest BCUT2D eigenvalue weighted by atomic mass is 32.1. The van der Waals surface area contributed by atoms with E-state index in [0.717, 1.165) is 4.88 Å². The van der Waals surface area contributed by atoms with Gasteiger partial charge in [0, 0.05) is 29.5 Å². The van der Waals surface area contributed by atoms with Crippen molar-refractivity contribution >= 4 is 17.2 Å². The standard InChI is InChI=1S/C13H17N3O3S/c1-8(2)12-4-11(16-19-12)13(18)15-9(6-17)3-10-5-14-7-20-10/h4-5,7-9,17H,3,6H2,1-2H3,(H,15,18). The number of hydrogen-bond donors (Lipinski definition) is 2. The lowest BCUT2D eigenvalue weighted by Crippen LogP contribution is -2.39. The maximum absolute atomic E-state index is 12.0. The molecular weight excluding hydrogens is 278 g/mol. The average Bonchev–Trinajstić information content (AvgIpc) is 3.08. The molecule has 0 spiro atoms. The molecule has 0 aromatic carbocycles. The highest BCUT2D eigenvalue weighted by Gasteiger charge is 2.18. The van der Waals surface area contributed by atoms with E-state index in [1.54, 1.807) is 17.8 Å². The molecule has 7 heteroatoms. The maximum Gasteiger partial charge on any atom is 0.273 e. The molecule has 1 unspecified atom stereocenters. The summed E-state index contributed by atoms with van der Waals surface area (Å²) in [5.74, 6) is 0.497. The Morgan fingerprint density at radius 3 is 2.90 bits per heavy atom. The van der Waals surface area contributed by atoms with Crippen molar-refractivity contribution in [2.75, 3.05) is 6.61 Å². The first-order valence-electron chi connectivity index (χ1n) is 6.36. The number of carbonyl (C=O) groups is 1. The Bertz CT molecular complexity index is 551. The molecule has 2 aromatic rings. The number of carbonyl (C=O) groups excluding carboxylic acids is 1. The van der Waals surface area contributed by atoms with Gasteiger partial charge in [-0.2, -0.15) is 0 Å². The zero-order valence-corrected chi connectivity index (χ0v) is 12.2. The molecule has 1 atom stereocenters. The van der Waals surface area contributed by atoms with Crippen molar-refractivity contribution in [2.45, 2.75) is 32.2 Å². The Morgan fingerprint density at radius 1 is 1.55 bits per heavy atom. The summed E-state index contributed by atoms with van der Waals surface area (Å²) in [5.41, 5.74) is 1.95. The summed E-state index contributed by atoms with van der Waals surface area (Å²) in [6.45, 7) is 3.78. The molecule has 0 saturated carbocycles. The number of rotatable bonds is 6. The van der Waals surface area contributed by atoms with Crippen LogP contribution in [0.25, 0.3) is 0 Å². The summed E-state index contributed by atoms with van der Waals surface area (Å²) < 4.78 is 5.09. The van der Waals surface area contributed by atoms with Crippen LogP contribution in [0.15, 0.2) is 22.3 Å². The Hall–Kier alpha value is -1.73. The largest absolute Gasteiger partial charge is 0.394 e. The monoisotopic (exact) mass is 295 g/mol. The van der Waals surface area contributed by atoms with E-state index in [4.69, 9.17) is 4.52 Å². The Labute approximate surface area is 120 Å². The van der Waals surface area contributed by atoms with Crippen LogP contribution in [0.5, 0.6) is 0 Å². The molecule has 1 amide bonds. The fourth-order valence-corrected chi connectivity index (χ4v) is 2.35. The molecule has 2 heterocycles. The van der Waals surface area contributed by atoms with Gasteiger partial charge in [-0.25, -0.2) is 0 Å². The summed E-state index contributed by atoms with van der Waals surface area (Å²) >= 11 is 1.49. The van der Waals surface area contributed by atoms with E-state index in [2.05, 4.69) is 15.5 Å². The lowest BCUT2D eigenvalue weighted by Gasteiger charge is -2.13. The number of aliphatic hydroxyl groups excluding tert-OH is 1. The van der Waals surface area contributed by atoms with E-state index in [9.17, 15) is 9.90 Å². The Balaban J connectivity index is 1.97. The van der Waals surface area contributed by atoms with Crippen molar-refractivity contribution in [3.63, 3.8) is 0 Å². The normalized spacial score (nSPS) is 12.6. The predicted molar refractivity (Wildman–Crippen MR) is 74.8 cm³/mol. The van der Waals surface area contributed by atoms with Crippen molar-refractivity contribution in [3.8, 4) is 0 Å². The number of nitrogens with one attached hydrogen (secondary N) is 1. The van der Waals surface area contributed by atoms with Crippen molar-refractivity contribution in [2.24, 2.45) is 0 Å². The van der Waals surface area contributed by atoms with Gasteiger partial charge in [0.15, 0.2) is 5.69 Å². The smallest absolute Gasteiger partial charge is 0.273 e. The Morgan fingerprint density at radius 2 is 2.35 bits per heavy atom. The van der Waals surface area contributed by atoms with Gasteiger partial charge >= 0.3 is 0 Å². The number of hydrogen-bond acceptors (Lipinski definition) is 6. The minimum Gasteiger partial charge on any atom is -0.394 e. The maximum atomic E-state index is 12.0. The van der Waals surface area contributed by atoms with Crippen LogP contribution in [0.2, 0.25) is 0 Å².